The number of aliphatic hydroxyl groups excluding tert-OH is 5. The third kappa shape index (κ3) is 13.3. The molecular formula is C33H54N12O13. The van der Waals surface area contributed by atoms with Gasteiger partial charge in [0.2, 0.25) is 41.4 Å². The van der Waals surface area contributed by atoms with Crippen LogP contribution < -0.4 is 43.8 Å². The van der Waals surface area contributed by atoms with Gasteiger partial charge >= 0.3 is 0 Å². The Balaban J connectivity index is 1.90. The number of likely N-dealkylation sites (tertiary alicyclic amines) is 1. The molecule has 25 nitrogen and oxygen atoms in total. The van der Waals surface area contributed by atoms with Gasteiger partial charge in [0.25, 0.3) is 0 Å². The number of imidazole rings is 1. The van der Waals surface area contributed by atoms with Crippen molar-refractivity contribution >= 4 is 47.3 Å². The Morgan fingerprint density at radius 3 is 2.26 bits per heavy atom. The highest BCUT2D eigenvalue weighted by Crippen LogP contribution is 2.22. The van der Waals surface area contributed by atoms with Gasteiger partial charge in [0.1, 0.15) is 54.6 Å². The quantitative estimate of drug-likeness (QED) is 0.0330. The van der Waals surface area contributed by atoms with Crippen molar-refractivity contribution in [1.29, 1.82) is 0 Å². The van der Waals surface area contributed by atoms with Crippen LogP contribution in [0.2, 0.25) is 0 Å². The molecule has 11 atom stereocenters. The fourth-order valence-corrected chi connectivity index (χ4v) is 6.39. The Hall–Kier alpha value is -5.47. The number of nitrogens with one attached hydrogen (secondary N) is 6. The van der Waals surface area contributed by atoms with E-state index in [4.69, 9.17) is 21.9 Å². The first kappa shape index (κ1) is 46.9. The molecular weight excluding hydrogens is 772 g/mol. The van der Waals surface area contributed by atoms with Crippen LogP contribution in [0, 0.1) is 0 Å². The van der Waals surface area contributed by atoms with E-state index in [0.29, 0.717) is 12.1 Å². The highest BCUT2D eigenvalue weighted by molar-refractivity contribution is 5.98. The number of aromatic amines is 1. The molecule has 1 aromatic rings. The largest absolute Gasteiger partial charge is 0.394 e. The number of nitrogens with zero attached hydrogens (tertiary/aromatic N) is 3. The van der Waals surface area contributed by atoms with Crippen LogP contribution in [-0.2, 0) is 44.7 Å². The average molecular weight is 827 g/mol. The molecule has 0 radical (unpaired) electrons. The lowest BCUT2D eigenvalue weighted by atomic mass is 9.98. The van der Waals surface area contributed by atoms with E-state index in [1.807, 2.05) is 0 Å². The van der Waals surface area contributed by atoms with Gasteiger partial charge in [0.05, 0.1) is 25.5 Å². The number of aliphatic hydroxyl groups is 5. The first-order valence-electron chi connectivity index (χ1n) is 18.4. The summed E-state index contributed by atoms with van der Waals surface area (Å²) < 4.78 is 5.33. The summed E-state index contributed by atoms with van der Waals surface area (Å²) in [5, 5.41) is 62.3. The Morgan fingerprint density at radius 2 is 1.67 bits per heavy atom. The van der Waals surface area contributed by atoms with Gasteiger partial charge in [0, 0.05) is 38.3 Å². The highest BCUT2D eigenvalue weighted by Gasteiger charge is 2.45. The van der Waals surface area contributed by atoms with Crippen LogP contribution in [0.5, 0.6) is 0 Å². The monoisotopic (exact) mass is 826 g/mol. The molecule has 0 spiro atoms. The standard InChI is InChI=1S/C33H54N12O13/c1-14(47)23(27(34)53)44-29(55)18(9-16-11-37-13-39-16)41-28(54)19(10-22(49)43-31-26(52)25(51)24(50)21(12-46)58-31)42-30(56)20-6-4-8-45(20)32(57)17(40-15(2)48)5-3-7-38-33(35)36/h11,13-14,17-21,23-26,31,46-47,50-52H,3-10,12H2,1-2H3,(H2,34,53)(H,37,39)(H,40,48)(H,41,54)(H,42,56)(H,43,49)(H,44,55)(H4,35,36,38)/t14-,17+,18+,19+,20+,21-,23+,24-,25+,26-,31-/m1/s1. The first-order valence-corrected chi connectivity index (χ1v) is 18.4. The van der Waals surface area contributed by atoms with E-state index in [1.165, 1.54) is 31.3 Å². The topological polar surface area (TPSA) is 412 Å². The second kappa shape index (κ2) is 21.9. The van der Waals surface area contributed by atoms with Gasteiger partial charge in [-0.05, 0) is 32.6 Å². The maximum Gasteiger partial charge on any atom is 0.245 e. The Kier molecular flexibility index (Phi) is 17.7. The van der Waals surface area contributed by atoms with E-state index < -0.39 is 121 Å². The number of guanidine groups is 1. The van der Waals surface area contributed by atoms with Gasteiger partial charge in [0.15, 0.2) is 12.2 Å². The van der Waals surface area contributed by atoms with Crippen LogP contribution >= 0.6 is 0 Å². The zero-order valence-electron chi connectivity index (χ0n) is 31.9. The predicted octanol–water partition coefficient (Wildman–Crippen LogP) is -7.87. The minimum Gasteiger partial charge on any atom is -0.394 e. The van der Waals surface area contributed by atoms with Crippen molar-refractivity contribution in [3.8, 4) is 0 Å². The summed E-state index contributed by atoms with van der Waals surface area (Å²) in [4.78, 5) is 104. The first-order chi connectivity index (χ1) is 27.3. The molecule has 3 rings (SSSR count). The molecule has 2 aliphatic heterocycles. The van der Waals surface area contributed by atoms with Crippen molar-refractivity contribution in [2.24, 2.45) is 22.2 Å². The number of carbonyl (C=O) groups excluding carboxylic acids is 7. The Bertz CT molecular complexity index is 1620. The Morgan fingerprint density at radius 1 is 0.983 bits per heavy atom. The lowest BCUT2D eigenvalue weighted by Crippen LogP contribution is -2.64. The molecule has 0 bridgehead atoms. The number of ether oxygens (including phenoxy) is 1. The number of primary amides is 1. The molecule has 58 heavy (non-hydrogen) atoms. The molecule has 25 heteroatoms. The second-order valence-corrected chi connectivity index (χ2v) is 13.9. The predicted molar refractivity (Wildman–Crippen MR) is 198 cm³/mol. The van der Waals surface area contributed by atoms with Crippen molar-refractivity contribution in [2.75, 3.05) is 19.7 Å². The lowest BCUT2D eigenvalue weighted by Gasteiger charge is -2.40. The molecule has 7 amide bonds. The van der Waals surface area contributed by atoms with Gasteiger partial charge < -0.3 is 83.9 Å². The summed E-state index contributed by atoms with van der Waals surface area (Å²) in [6.07, 6.45) is -7.74. The average Bonchev–Trinajstić information content (AvgIpc) is 3.87. The van der Waals surface area contributed by atoms with Gasteiger partial charge in [-0.25, -0.2) is 4.98 Å². The number of carbonyl (C=O) groups is 7. The molecule has 2 fully saturated rings. The van der Waals surface area contributed by atoms with Crippen LogP contribution in [-0.4, -0.2) is 174 Å². The Labute approximate surface area is 331 Å². The van der Waals surface area contributed by atoms with E-state index in [2.05, 4.69) is 41.5 Å². The number of hydrogen-bond acceptors (Lipinski definition) is 15. The summed E-state index contributed by atoms with van der Waals surface area (Å²) in [6.45, 7) is 1.84. The van der Waals surface area contributed by atoms with Crippen molar-refractivity contribution in [1.82, 2.24) is 41.5 Å². The minimum atomic E-state index is -1.90. The minimum absolute atomic E-state index is 0.0894. The number of aromatic nitrogens is 2. The number of rotatable bonds is 20. The van der Waals surface area contributed by atoms with Crippen LogP contribution in [0.25, 0.3) is 0 Å². The molecule has 0 aromatic carbocycles. The van der Waals surface area contributed by atoms with Crippen LogP contribution in [0.3, 0.4) is 0 Å². The fourth-order valence-electron chi connectivity index (χ4n) is 6.39. The van der Waals surface area contributed by atoms with E-state index >= 15 is 0 Å². The second-order valence-electron chi connectivity index (χ2n) is 13.9. The molecule has 1 aromatic heterocycles. The number of aliphatic imine (C=N–C) groups is 1. The number of H-pyrrole nitrogens is 1. The number of amides is 7. The molecule has 0 aliphatic carbocycles. The lowest BCUT2D eigenvalue weighted by molar-refractivity contribution is -0.236. The summed E-state index contributed by atoms with van der Waals surface area (Å²) >= 11 is 0. The van der Waals surface area contributed by atoms with E-state index in [9.17, 15) is 59.1 Å². The van der Waals surface area contributed by atoms with Gasteiger partial charge in [-0.15, -0.1) is 0 Å². The van der Waals surface area contributed by atoms with Crippen LogP contribution in [0.15, 0.2) is 17.5 Å². The summed E-state index contributed by atoms with van der Waals surface area (Å²) in [7, 11) is 0. The third-order valence-electron chi connectivity index (χ3n) is 9.38. The van der Waals surface area contributed by atoms with Crippen molar-refractivity contribution in [2.45, 2.75) is 119 Å². The molecule has 3 heterocycles. The van der Waals surface area contributed by atoms with Crippen LogP contribution in [0.1, 0.15) is 51.6 Å². The van der Waals surface area contributed by atoms with Gasteiger partial charge in [-0.1, -0.05) is 0 Å². The van der Waals surface area contributed by atoms with E-state index in [0.717, 1.165) is 0 Å². The number of hydrogen-bond donors (Lipinski definition) is 14. The molecule has 0 unspecified atom stereocenters. The van der Waals surface area contributed by atoms with Gasteiger partial charge in [-0.3, -0.25) is 38.6 Å². The molecule has 2 saturated heterocycles. The summed E-state index contributed by atoms with van der Waals surface area (Å²) in [5.41, 5.74) is 16.4. The van der Waals surface area contributed by atoms with E-state index in [-0.39, 0.29) is 44.7 Å². The molecule has 0 saturated carbocycles. The van der Waals surface area contributed by atoms with Crippen LogP contribution in [0.4, 0.5) is 0 Å². The summed E-state index contributed by atoms with van der Waals surface area (Å²) in [6, 6.07) is -7.20. The molecule has 17 N–H and O–H groups in total. The van der Waals surface area contributed by atoms with Gasteiger partial charge in [-0.2, -0.15) is 0 Å². The SMILES string of the molecule is CC(=O)N[C@@H](CCCN=C(N)N)C(=O)N1CCC[C@H]1C(=O)N[C@@H](CC(=O)N[C@@H]1O[C@H](CO)[C@@H](O)[C@H](O)[C@H]1O)C(=O)N[C@@H](Cc1cnc[nH]1)C(=O)N[C@H](C(N)=O)[C@@H](C)O. The van der Waals surface area contributed by atoms with Crippen molar-refractivity contribution in [3.63, 3.8) is 0 Å². The molecule has 324 valence electrons. The molecule has 2 aliphatic rings. The van der Waals surface area contributed by atoms with Crippen molar-refractivity contribution in [3.05, 3.63) is 18.2 Å². The summed E-state index contributed by atoms with van der Waals surface area (Å²) in [5.74, 6) is -6.48. The normalized spacial score (nSPS) is 24.2. The van der Waals surface area contributed by atoms with E-state index in [1.54, 1.807) is 0 Å². The zero-order valence-corrected chi connectivity index (χ0v) is 31.9. The highest BCUT2D eigenvalue weighted by atomic mass is 16.6. The maximum atomic E-state index is 14.0. The zero-order chi connectivity index (χ0) is 43.3. The fraction of sp³-hybridized carbons (Fsp3) is 0.667. The smallest absolute Gasteiger partial charge is 0.245 e. The maximum absolute atomic E-state index is 14.0. The third-order valence-corrected chi connectivity index (χ3v) is 9.38. The van der Waals surface area contributed by atoms with Crippen molar-refractivity contribution < 1.29 is 63.8 Å². The number of nitrogens with two attached hydrogens (primary N) is 3.